The average molecular weight is 264 g/mol. The lowest BCUT2D eigenvalue weighted by Gasteiger charge is -2.33. The molecule has 7 heteroatoms. The van der Waals surface area contributed by atoms with E-state index < -0.39 is 12.3 Å². The third kappa shape index (κ3) is 2.64. The molecule has 19 heavy (non-hydrogen) atoms. The fourth-order valence-electron chi connectivity index (χ4n) is 2.04. The number of alkyl halides is 1. The Morgan fingerprint density at radius 3 is 2.79 bits per heavy atom. The topological polar surface area (TPSA) is 64.3 Å². The zero-order chi connectivity index (χ0) is 13.1. The zero-order valence-corrected chi connectivity index (χ0v) is 10.1. The summed E-state index contributed by atoms with van der Waals surface area (Å²) in [4.78, 5) is 13.6. The third-order valence-electron chi connectivity index (χ3n) is 2.97. The first kappa shape index (κ1) is 11.9. The van der Waals surface area contributed by atoms with Crippen molar-refractivity contribution in [2.75, 3.05) is 18.0 Å². The molecular weight excluding hydrogens is 251 g/mol. The van der Waals surface area contributed by atoms with Crippen LogP contribution in [0.4, 0.5) is 10.4 Å². The normalized spacial score (nSPS) is 23.3. The van der Waals surface area contributed by atoms with Crippen molar-refractivity contribution in [2.45, 2.75) is 18.7 Å². The number of hydrogen-bond donors (Lipinski definition) is 0. The van der Waals surface area contributed by atoms with Gasteiger partial charge < -0.3 is 14.1 Å². The number of halogens is 1. The molecule has 3 heterocycles. The number of oxazole rings is 1. The van der Waals surface area contributed by atoms with E-state index in [1.165, 1.54) is 6.26 Å². The number of rotatable bonds is 3. The van der Waals surface area contributed by atoms with E-state index >= 15 is 0 Å². The van der Waals surface area contributed by atoms with Gasteiger partial charge in [0.25, 0.3) is 6.01 Å². The molecule has 0 N–H and O–H groups in total. The molecular formula is C12H13FN4O2. The molecule has 0 amide bonds. The average Bonchev–Trinajstić information content (AvgIpc) is 2.96. The van der Waals surface area contributed by atoms with Gasteiger partial charge in [-0.15, -0.1) is 0 Å². The summed E-state index contributed by atoms with van der Waals surface area (Å²) in [5.41, 5.74) is 0. The minimum Gasteiger partial charge on any atom is -0.457 e. The second-order valence-electron chi connectivity index (χ2n) is 4.25. The van der Waals surface area contributed by atoms with E-state index in [0.717, 1.165) is 0 Å². The summed E-state index contributed by atoms with van der Waals surface area (Å²) in [5, 5.41) is 0. The summed E-state index contributed by atoms with van der Waals surface area (Å²) in [6.07, 6.45) is 5.01. The highest BCUT2D eigenvalue weighted by Gasteiger charge is 2.32. The number of anilines is 1. The van der Waals surface area contributed by atoms with Crippen LogP contribution in [0.1, 0.15) is 6.42 Å². The maximum atomic E-state index is 14.1. The molecule has 1 aliphatic rings. The largest absolute Gasteiger partial charge is 0.457 e. The van der Waals surface area contributed by atoms with Gasteiger partial charge in [-0.05, 0) is 6.07 Å². The molecule has 0 aliphatic carbocycles. The highest BCUT2D eigenvalue weighted by Crippen LogP contribution is 2.22. The van der Waals surface area contributed by atoms with Crippen LogP contribution in [0.25, 0.3) is 0 Å². The van der Waals surface area contributed by atoms with Gasteiger partial charge in [0.15, 0.2) is 6.17 Å². The van der Waals surface area contributed by atoms with Crippen molar-refractivity contribution in [2.24, 2.45) is 0 Å². The van der Waals surface area contributed by atoms with Crippen LogP contribution in [-0.2, 0) is 0 Å². The van der Waals surface area contributed by atoms with Gasteiger partial charge in [0.05, 0.1) is 12.7 Å². The number of piperidine rings is 1. The van der Waals surface area contributed by atoms with Crippen molar-refractivity contribution in [3.63, 3.8) is 0 Å². The van der Waals surface area contributed by atoms with Gasteiger partial charge in [0, 0.05) is 25.4 Å². The molecule has 2 atom stereocenters. The summed E-state index contributed by atoms with van der Waals surface area (Å²) < 4.78 is 24.7. The number of ether oxygens (including phenoxy) is 1. The van der Waals surface area contributed by atoms with Gasteiger partial charge in [-0.1, -0.05) is 0 Å². The molecule has 0 saturated carbocycles. The van der Waals surface area contributed by atoms with E-state index in [1.807, 2.05) is 0 Å². The molecule has 0 bridgehead atoms. The number of nitrogens with zero attached hydrogens (tertiary/aromatic N) is 4. The minimum atomic E-state index is -1.13. The minimum absolute atomic E-state index is 0.192. The molecule has 0 aromatic carbocycles. The van der Waals surface area contributed by atoms with Gasteiger partial charge >= 0.3 is 6.01 Å². The Bertz CT molecular complexity index is 508. The van der Waals surface area contributed by atoms with Gasteiger partial charge in [0.2, 0.25) is 0 Å². The van der Waals surface area contributed by atoms with Crippen LogP contribution in [0.2, 0.25) is 0 Å². The fourth-order valence-corrected chi connectivity index (χ4v) is 2.04. The molecule has 2 aromatic rings. The highest BCUT2D eigenvalue weighted by molar-refractivity contribution is 5.26. The van der Waals surface area contributed by atoms with Crippen molar-refractivity contribution in [3.8, 4) is 6.01 Å². The number of hydrogen-bond acceptors (Lipinski definition) is 6. The monoisotopic (exact) mass is 264 g/mol. The molecule has 1 aliphatic heterocycles. The summed E-state index contributed by atoms with van der Waals surface area (Å²) in [7, 11) is 0. The van der Waals surface area contributed by atoms with Gasteiger partial charge in [-0.25, -0.2) is 19.3 Å². The smallest absolute Gasteiger partial charge is 0.316 e. The maximum absolute atomic E-state index is 14.1. The summed E-state index contributed by atoms with van der Waals surface area (Å²) >= 11 is 0. The Balaban J connectivity index is 1.62. The molecule has 0 unspecified atom stereocenters. The molecule has 3 rings (SSSR count). The van der Waals surface area contributed by atoms with E-state index in [-0.39, 0.29) is 12.6 Å². The van der Waals surface area contributed by atoms with Crippen LogP contribution in [0.5, 0.6) is 6.01 Å². The third-order valence-corrected chi connectivity index (χ3v) is 2.97. The van der Waals surface area contributed by atoms with Crippen LogP contribution in [0, 0.1) is 0 Å². The lowest BCUT2D eigenvalue weighted by Crippen LogP contribution is -2.47. The van der Waals surface area contributed by atoms with E-state index in [9.17, 15) is 4.39 Å². The first-order valence-corrected chi connectivity index (χ1v) is 6.05. The van der Waals surface area contributed by atoms with Crippen molar-refractivity contribution >= 4 is 6.01 Å². The van der Waals surface area contributed by atoms with Crippen molar-refractivity contribution < 1.29 is 13.5 Å². The molecule has 1 fully saturated rings. The molecule has 2 aromatic heterocycles. The number of aromatic nitrogens is 3. The van der Waals surface area contributed by atoms with Gasteiger partial charge in [-0.3, -0.25) is 0 Å². The Morgan fingerprint density at radius 1 is 1.26 bits per heavy atom. The van der Waals surface area contributed by atoms with Crippen LogP contribution < -0.4 is 9.64 Å². The Kier molecular flexibility index (Phi) is 3.26. The highest BCUT2D eigenvalue weighted by atomic mass is 19.1. The SMILES string of the molecule is F[C@@H]1CN(c2ncco2)CC[C@@H]1Oc1ncccn1. The first-order chi connectivity index (χ1) is 9.33. The van der Waals surface area contributed by atoms with Gasteiger partial charge in [0.1, 0.15) is 12.4 Å². The van der Waals surface area contributed by atoms with Gasteiger partial charge in [-0.2, -0.15) is 0 Å². The standard InChI is InChI=1S/C12H13FN4O2/c13-9-8-17(12-16-5-7-18-12)6-2-10(9)19-11-14-3-1-4-15-11/h1,3-5,7,9-10H,2,6,8H2/t9-,10+/m1/s1. The van der Waals surface area contributed by atoms with E-state index in [0.29, 0.717) is 19.0 Å². The van der Waals surface area contributed by atoms with Crippen molar-refractivity contribution in [1.29, 1.82) is 0 Å². The Morgan fingerprint density at radius 2 is 2.11 bits per heavy atom. The Hall–Kier alpha value is -2.18. The lowest BCUT2D eigenvalue weighted by atomic mass is 10.1. The summed E-state index contributed by atoms with van der Waals surface area (Å²) in [6, 6.07) is 2.34. The molecule has 1 saturated heterocycles. The van der Waals surface area contributed by atoms with Crippen molar-refractivity contribution in [1.82, 2.24) is 15.0 Å². The lowest BCUT2D eigenvalue weighted by molar-refractivity contribution is 0.0723. The van der Waals surface area contributed by atoms with Crippen LogP contribution in [0.15, 0.2) is 35.3 Å². The van der Waals surface area contributed by atoms with Crippen molar-refractivity contribution in [3.05, 3.63) is 30.9 Å². The zero-order valence-electron chi connectivity index (χ0n) is 10.1. The molecule has 100 valence electrons. The van der Waals surface area contributed by atoms with Crippen LogP contribution in [0.3, 0.4) is 0 Å². The second-order valence-corrected chi connectivity index (χ2v) is 4.25. The maximum Gasteiger partial charge on any atom is 0.316 e. The molecule has 0 spiro atoms. The van der Waals surface area contributed by atoms with E-state index in [1.54, 1.807) is 29.6 Å². The predicted molar refractivity (Wildman–Crippen MR) is 64.7 cm³/mol. The predicted octanol–water partition coefficient (Wildman–Crippen LogP) is 1.46. The Labute approximate surface area is 109 Å². The second kappa shape index (κ2) is 5.21. The van der Waals surface area contributed by atoms with E-state index in [2.05, 4.69) is 15.0 Å². The summed E-state index contributed by atoms with van der Waals surface area (Å²) in [5.74, 6) is 0. The fraction of sp³-hybridized carbons (Fsp3) is 0.417. The first-order valence-electron chi connectivity index (χ1n) is 6.05. The quantitative estimate of drug-likeness (QED) is 0.836. The molecule has 6 nitrogen and oxygen atoms in total. The van der Waals surface area contributed by atoms with E-state index in [4.69, 9.17) is 9.15 Å². The molecule has 0 radical (unpaired) electrons. The van der Waals surface area contributed by atoms with Crippen LogP contribution >= 0.6 is 0 Å². The summed E-state index contributed by atoms with van der Waals surface area (Å²) in [6.45, 7) is 0.816. The van der Waals surface area contributed by atoms with Crippen LogP contribution in [-0.4, -0.2) is 40.3 Å².